The van der Waals surface area contributed by atoms with Crippen LogP contribution >= 0.6 is 0 Å². The Balaban J connectivity index is 2.54. The second-order valence-electron chi connectivity index (χ2n) is 5.01. The number of carbonyl (C=O) groups excluding carboxylic acids is 2. The van der Waals surface area contributed by atoms with Crippen molar-refractivity contribution in [3.05, 3.63) is 29.8 Å². The summed E-state index contributed by atoms with van der Waals surface area (Å²) in [6.07, 6.45) is 0.288. The molecule has 1 atom stereocenters. The normalized spacial score (nSPS) is 11.8. The largest absolute Gasteiger partial charge is 0.380 e. The summed E-state index contributed by atoms with van der Waals surface area (Å²) in [4.78, 5) is 24.9. The fraction of sp³-hybridized carbons (Fsp3) is 0.467. The lowest BCUT2D eigenvalue weighted by atomic mass is 10.1. The first-order valence-corrected chi connectivity index (χ1v) is 6.78. The summed E-state index contributed by atoms with van der Waals surface area (Å²) < 4.78 is 5.07. The van der Waals surface area contributed by atoms with Gasteiger partial charge in [0.2, 0.25) is 11.8 Å². The maximum absolute atomic E-state index is 11.8. The van der Waals surface area contributed by atoms with Crippen LogP contribution in [0.25, 0.3) is 0 Å². The number of hydrogen-bond acceptors (Lipinski definition) is 4. The fourth-order valence-electron chi connectivity index (χ4n) is 1.72. The third-order valence-corrected chi connectivity index (χ3v) is 3.10. The molecule has 1 rings (SSSR count). The van der Waals surface area contributed by atoms with Gasteiger partial charge in [0.15, 0.2) is 0 Å². The van der Waals surface area contributed by atoms with Gasteiger partial charge in [-0.2, -0.15) is 0 Å². The highest BCUT2D eigenvalue weighted by molar-refractivity contribution is 5.91. The molecule has 0 aliphatic carbocycles. The maximum atomic E-state index is 11.8. The highest BCUT2D eigenvalue weighted by Crippen LogP contribution is 2.11. The maximum Gasteiger partial charge on any atom is 0.227 e. The van der Waals surface area contributed by atoms with Crippen molar-refractivity contribution in [2.45, 2.75) is 18.9 Å². The molecule has 21 heavy (non-hydrogen) atoms. The van der Waals surface area contributed by atoms with E-state index in [9.17, 15) is 9.59 Å². The lowest BCUT2D eigenvalue weighted by Gasteiger charge is -2.13. The van der Waals surface area contributed by atoms with E-state index in [2.05, 4.69) is 5.32 Å². The van der Waals surface area contributed by atoms with Gasteiger partial charge in [0, 0.05) is 33.4 Å². The highest BCUT2D eigenvalue weighted by Gasteiger charge is 2.11. The molecule has 0 saturated heterocycles. The molecular formula is C15H23N3O3. The van der Waals surface area contributed by atoms with E-state index < -0.39 is 0 Å². The molecule has 0 spiro atoms. The second-order valence-corrected chi connectivity index (χ2v) is 5.01. The number of nitrogens with two attached hydrogens (primary N) is 1. The molecule has 0 aromatic heterocycles. The highest BCUT2D eigenvalue weighted by atomic mass is 16.5. The molecule has 3 N–H and O–H groups in total. The van der Waals surface area contributed by atoms with Gasteiger partial charge >= 0.3 is 0 Å². The van der Waals surface area contributed by atoms with Crippen LogP contribution in [0.1, 0.15) is 12.0 Å². The van der Waals surface area contributed by atoms with Crippen LogP contribution < -0.4 is 11.1 Å². The molecule has 6 nitrogen and oxygen atoms in total. The Hall–Kier alpha value is -1.92. The van der Waals surface area contributed by atoms with Crippen molar-refractivity contribution >= 4 is 17.5 Å². The number of amides is 2. The van der Waals surface area contributed by atoms with Crippen molar-refractivity contribution in [1.29, 1.82) is 0 Å². The van der Waals surface area contributed by atoms with Gasteiger partial charge in [-0.1, -0.05) is 12.1 Å². The second kappa shape index (κ2) is 8.39. The predicted molar refractivity (Wildman–Crippen MR) is 81.9 cm³/mol. The van der Waals surface area contributed by atoms with E-state index in [4.69, 9.17) is 10.5 Å². The Kier molecular flexibility index (Phi) is 6.84. The zero-order valence-corrected chi connectivity index (χ0v) is 12.8. The monoisotopic (exact) mass is 293 g/mol. The van der Waals surface area contributed by atoms with E-state index >= 15 is 0 Å². The van der Waals surface area contributed by atoms with E-state index in [0.717, 1.165) is 5.56 Å². The van der Waals surface area contributed by atoms with Gasteiger partial charge in [0.25, 0.3) is 0 Å². The first-order chi connectivity index (χ1) is 9.96. The van der Waals surface area contributed by atoms with Crippen LogP contribution in [0.5, 0.6) is 0 Å². The van der Waals surface area contributed by atoms with Gasteiger partial charge in [-0.05, 0) is 17.7 Å². The summed E-state index contributed by atoms with van der Waals surface area (Å²) in [5.74, 6) is -0.109. The molecule has 0 heterocycles. The van der Waals surface area contributed by atoms with Crippen LogP contribution in [0.2, 0.25) is 0 Å². The number of ether oxygens (including phenoxy) is 1. The number of nitrogens with zero attached hydrogens (tertiary/aromatic N) is 1. The molecule has 1 aromatic carbocycles. The number of hydrogen-bond donors (Lipinski definition) is 2. The van der Waals surface area contributed by atoms with Crippen LogP contribution in [-0.2, 0) is 20.7 Å². The minimum Gasteiger partial charge on any atom is -0.380 e. The number of likely N-dealkylation sites (N-methyl/N-ethyl adjacent to an activating group) is 1. The van der Waals surface area contributed by atoms with Crippen molar-refractivity contribution in [2.75, 3.05) is 33.1 Å². The van der Waals surface area contributed by atoms with Crippen LogP contribution in [0.4, 0.5) is 5.69 Å². The molecule has 0 fully saturated rings. The minimum atomic E-state index is -0.276. The molecule has 6 heteroatoms. The van der Waals surface area contributed by atoms with Crippen molar-refractivity contribution in [2.24, 2.45) is 5.73 Å². The Morgan fingerprint density at radius 3 is 2.38 bits per heavy atom. The van der Waals surface area contributed by atoms with E-state index in [-0.39, 0.29) is 24.3 Å². The number of carbonyl (C=O) groups is 2. The Morgan fingerprint density at radius 1 is 1.29 bits per heavy atom. The molecular weight excluding hydrogens is 270 g/mol. The van der Waals surface area contributed by atoms with E-state index in [1.165, 1.54) is 7.11 Å². The number of nitrogens with one attached hydrogen (secondary N) is 1. The zero-order valence-electron chi connectivity index (χ0n) is 12.8. The van der Waals surface area contributed by atoms with Gasteiger partial charge in [-0.15, -0.1) is 0 Å². The summed E-state index contributed by atoms with van der Waals surface area (Å²) in [5, 5.41) is 2.77. The molecule has 116 valence electrons. The SMILES string of the molecule is COC(CN)CC(=O)Nc1ccc(CC(=O)N(C)C)cc1. The molecule has 0 aliphatic rings. The molecule has 0 bridgehead atoms. The Bertz CT molecular complexity index is 468. The Labute approximate surface area is 125 Å². The molecule has 1 unspecified atom stereocenters. The lowest BCUT2D eigenvalue weighted by molar-refractivity contribution is -0.128. The summed E-state index contributed by atoms with van der Waals surface area (Å²) in [6, 6.07) is 7.21. The van der Waals surface area contributed by atoms with E-state index in [0.29, 0.717) is 18.7 Å². The van der Waals surface area contributed by atoms with Crippen molar-refractivity contribution < 1.29 is 14.3 Å². The third kappa shape index (κ3) is 5.93. The summed E-state index contributed by atoms with van der Waals surface area (Å²) in [6.45, 7) is 0.301. The first kappa shape index (κ1) is 17.1. The topological polar surface area (TPSA) is 84.7 Å². The van der Waals surface area contributed by atoms with E-state index in [1.807, 2.05) is 12.1 Å². The molecule has 0 saturated carbocycles. The van der Waals surface area contributed by atoms with Gasteiger partial charge < -0.3 is 20.7 Å². The zero-order chi connectivity index (χ0) is 15.8. The first-order valence-electron chi connectivity index (χ1n) is 6.78. The third-order valence-electron chi connectivity index (χ3n) is 3.10. The van der Waals surface area contributed by atoms with Crippen LogP contribution in [0.3, 0.4) is 0 Å². The van der Waals surface area contributed by atoms with E-state index in [1.54, 1.807) is 31.1 Å². The van der Waals surface area contributed by atoms with Gasteiger partial charge in [0.05, 0.1) is 18.9 Å². The standard InChI is InChI=1S/C15H23N3O3/c1-18(2)15(20)8-11-4-6-12(7-5-11)17-14(19)9-13(10-16)21-3/h4-7,13H,8-10,16H2,1-3H3,(H,17,19). The van der Waals surface area contributed by atoms with Crippen LogP contribution in [0, 0.1) is 0 Å². The fourth-order valence-corrected chi connectivity index (χ4v) is 1.72. The average Bonchev–Trinajstić information content (AvgIpc) is 2.46. The van der Waals surface area contributed by atoms with Gasteiger partial charge in [-0.3, -0.25) is 9.59 Å². The minimum absolute atomic E-state index is 0.0395. The molecule has 0 aliphatic heterocycles. The van der Waals surface area contributed by atoms with Crippen LogP contribution in [0.15, 0.2) is 24.3 Å². The summed E-state index contributed by atoms with van der Waals surface area (Å²) >= 11 is 0. The molecule has 2 amide bonds. The number of benzene rings is 1. The van der Waals surface area contributed by atoms with Gasteiger partial charge in [-0.25, -0.2) is 0 Å². The molecule has 1 aromatic rings. The lowest BCUT2D eigenvalue weighted by Crippen LogP contribution is -2.28. The van der Waals surface area contributed by atoms with Crippen LogP contribution in [-0.4, -0.2) is 50.6 Å². The number of methoxy groups -OCH3 is 1. The molecule has 0 radical (unpaired) electrons. The number of anilines is 1. The van der Waals surface area contributed by atoms with Crippen molar-refractivity contribution in [3.8, 4) is 0 Å². The quantitative estimate of drug-likeness (QED) is 0.772. The summed E-state index contributed by atoms with van der Waals surface area (Å²) in [7, 11) is 4.97. The Morgan fingerprint density at radius 2 is 1.90 bits per heavy atom. The average molecular weight is 293 g/mol. The number of rotatable bonds is 7. The van der Waals surface area contributed by atoms with Gasteiger partial charge in [0.1, 0.15) is 0 Å². The van der Waals surface area contributed by atoms with Crippen molar-refractivity contribution in [1.82, 2.24) is 4.90 Å². The van der Waals surface area contributed by atoms with Crippen molar-refractivity contribution in [3.63, 3.8) is 0 Å². The summed E-state index contributed by atoms with van der Waals surface area (Å²) in [5.41, 5.74) is 7.07. The smallest absolute Gasteiger partial charge is 0.227 e. The predicted octanol–water partition coefficient (Wildman–Crippen LogP) is 0.620.